The number of rotatable bonds is 3. The lowest BCUT2D eigenvalue weighted by Gasteiger charge is -2.09. The first-order valence-electron chi connectivity index (χ1n) is 4.36. The Morgan fingerprint density at radius 1 is 1.31 bits per heavy atom. The monoisotopic (exact) mass is 231 g/mol. The van der Waals surface area contributed by atoms with Crippen molar-refractivity contribution in [2.45, 2.75) is 6.18 Å². The molecule has 0 aliphatic carbocycles. The molecule has 0 bridgehead atoms. The van der Waals surface area contributed by atoms with Gasteiger partial charge in [-0.1, -0.05) is 24.3 Å². The third kappa shape index (κ3) is 3.38. The van der Waals surface area contributed by atoms with Crippen molar-refractivity contribution in [2.75, 3.05) is 6.54 Å². The van der Waals surface area contributed by atoms with Gasteiger partial charge in [0.1, 0.15) is 0 Å². The molecule has 0 fully saturated rings. The van der Waals surface area contributed by atoms with Crippen molar-refractivity contribution in [1.82, 2.24) is 0 Å². The first-order chi connectivity index (χ1) is 7.41. The Bertz CT molecular complexity index is 413. The van der Waals surface area contributed by atoms with E-state index in [9.17, 15) is 23.3 Å². The van der Waals surface area contributed by atoms with Crippen LogP contribution in [0.5, 0.6) is 0 Å². The highest BCUT2D eigenvalue weighted by Crippen LogP contribution is 2.32. The fourth-order valence-electron chi connectivity index (χ4n) is 1.17. The Balaban J connectivity index is 2.96. The van der Waals surface area contributed by atoms with Gasteiger partial charge in [0, 0.05) is 4.92 Å². The largest absolute Gasteiger partial charge is 0.416 e. The molecule has 1 rings (SSSR count). The lowest BCUT2D eigenvalue weighted by molar-refractivity contribution is -0.468. The van der Waals surface area contributed by atoms with Crippen LogP contribution in [-0.2, 0) is 6.18 Å². The highest BCUT2D eigenvalue weighted by atomic mass is 19.4. The zero-order valence-corrected chi connectivity index (χ0v) is 8.07. The van der Waals surface area contributed by atoms with Crippen molar-refractivity contribution >= 4 is 6.08 Å². The van der Waals surface area contributed by atoms with E-state index in [1.165, 1.54) is 18.2 Å². The second-order valence-electron chi connectivity index (χ2n) is 3.00. The lowest BCUT2D eigenvalue weighted by atomic mass is 10.1. The van der Waals surface area contributed by atoms with Gasteiger partial charge in [0.25, 0.3) is 0 Å². The van der Waals surface area contributed by atoms with Crippen molar-refractivity contribution in [3.63, 3.8) is 0 Å². The molecule has 3 nitrogen and oxygen atoms in total. The predicted octanol–water partition coefficient (Wildman–Crippen LogP) is 3.00. The van der Waals surface area contributed by atoms with E-state index < -0.39 is 23.2 Å². The van der Waals surface area contributed by atoms with Crippen LogP contribution in [0.4, 0.5) is 13.2 Å². The minimum absolute atomic E-state index is 0.0724. The average Bonchev–Trinajstić information content (AvgIpc) is 2.16. The molecule has 0 saturated heterocycles. The Morgan fingerprint density at radius 3 is 2.50 bits per heavy atom. The van der Waals surface area contributed by atoms with Crippen LogP contribution in [0.15, 0.2) is 30.3 Å². The Labute approximate surface area is 89.4 Å². The van der Waals surface area contributed by atoms with Gasteiger partial charge < -0.3 is 0 Å². The van der Waals surface area contributed by atoms with Gasteiger partial charge in [0.15, 0.2) is 0 Å². The first kappa shape index (κ1) is 12.2. The molecule has 1 aromatic rings. The fraction of sp³-hybridized carbons (Fsp3) is 0.200. The zero-order valence-electron chi connectivity index (χ0n) is 8.07. The molecule has 1 aromatic carbocycles. The van der Waals surface area contributed by atoms with Crippen LogP contribution < -0.4 is 0 Å². The molecule has 0 aromatic heterocycles. The Kier molecular flexibility index (Phi) is 3.65. The summed E-state index contributed by atoms with van der Waals surface area (Å²) in [6.07, 6.45) is -2.26. The number of benzene rings is 1. The molecule has 0 aliphatic rings. The maximum absolute atomic E-state index is 12.5. The van der Waals surface area contributed by atoms with E-state index in [4.69, 9.17) is 0 Å². The van der Waals surface area contributed by atoms with Crippen LogP contribution in [0.3, 0.4) is 0 Å². The smallest absolute Gasteiger partial charge is 0.264 e. The minimum atomic E-state index is -4.45. The molecular weight excluding hydrogens is 223 g/mol. The van der Waals surface area contributed by atoms with Gasteiger partial charge in [-0.05, 0) is 17.7 Å². The van der Waals surface area contributed by atoms with Crippen molar-refractivity contribution in [2.24, 2.45) is 0 Å². The molecule has 6 heteroatoms. The van der Waals surface area contributed by atoms with Gasteiger partial charge in [-0.3, -0.25) is 10.1 Å². The second-order valence-corrected chi connectivity index (χ2v) is 3.00. The van der Waals surface area contributed by atoms with Crippen molar-refractivity contribution < 1.29 is 18.1 Å². The number of nitrogens with zero attached hydrogens (tertiary/aromatic N) is 1. The van der Waals surface area contributed by atoms with E-state index in [-0.39, 0.29) is 5.56 Å². The van der Waals surface area contributed by atoms with Crippen LogP contribution >= 0.6 is 0 Å². The second kappa shape index (κ2) is 4.78. The van der Waals surface area contributed by atoms with E-state index >= 15 is 0 Å². The summed E-state index contributed by atoms with van der Waals surface area (Å²) in [5.41, 5.74) is -0.869. The molecule has 0 unspecified atom stereocenters. The quantitative estimate of drug-likeness (QED) is 0.592. The summed E-state index contributed by atoms with van der Waals surface area (Å²) in [7, 11) is 0. The van der Waals surface area contributed by atoms with Crippen LogP contribution in [0.2, 0.25) is 0 Å². The van der Waals surface area contributed by atoms with Gasteiger partial charge in [0.2, 0.25) is 6.54 Å². The number of halogens is 3. The summed E-state index contributed by atoms with van der Waals surface area (Å²) in [6.45, 7) is -0.494. The summed E-state index contributed by atoms with van der Waals surface area (Å²) in [4.78, 5) is 9.39. The van der Waals surface area contributed by atoms with Crippen LogP contribution in [-0.4, -0.2) is 11.5 Å². The number of alkyl halides is 3. The Morgan fingerprint density at radius 2 is 1.94 bits per heavy atom. The maximum atomic E-state index is 12.5. The van der Waals surface area contributed by atoms with Crippen LogP contribution in [0.25, 0.3) is 6.08 Å². The highest BCUT2D eigenvalue weighted by molar-refractivity contribution is 5.54. The normalized spacial score (nSPS) is 11.9. The van der Waals surface area contributed by atoms with Crippen molar-refractivity contribution in [1.29, 1.82) is 0 Å². The Hall–Kier alpha value is -1.85. The van der Waals surface area contributed by atoms with Gasteiger partial charge >= 0.3 is 6.18 Å². The topological polar surface area (TPSA) is 43.1 Å². The van der Waals surface area contributed by atoms with E-state index in [2.05, 4.69) is 0 Å². The third-order valence-corrected chi connectivity index (χ3v) is 1.82. The molecule has 0 aliphatic heterocycles. The molecule has 0 spiro atoms. The summed E-state index contributed by atoms with van der Waals surface area (Å²) in [5, 5.41) is 10.0. The summed E-state index contributed by atoms with van der Waals surface area (Å²) < 4.78 is 37.4. The standard InChI is InChI=1S/C10H8F3NO2/c11-10(12,13)9-6-2-1-4-8(9)5-3-7-14(15)16/h1-6H,7H2. The molecular formula is C10H8F3NO2. The third-order valence-electron chi connectivity index (χ3n) is 1.82. The highest BCUT2D eigenvalue weighted by Gasteiger charge is 2.32. The maximum Gasteiger partial charge on any atom is 0.416 e. The molecule has 0 radical (unpaired) electrons. The SMILES string of the molecule is O=[N+]([O-])CC=Cc1ccccc1C(F)(F)F. The molecule has 0 atom stereocenters. The van der Waals surface area contributed by atoms with E-state index in [1.54, 1.807) is 0 Å². The number of hydrogen-bond donors (Lipinski definition) is 0. The zero-order chi connectivity index (χ0) is 12.2. The summed E-state index contributed by atoms with van der Waals surface area (Å²) >= 11 is 0. The minimum Gasteiger partial charge on any atom is -0.264 e. The van der Waals surface area contributed by atoms with Crippen molar-refractivity contribution in [3.8, 4) is 0 Å². The van der Waals surface area contributed by atoms with Gasteiger partial charge in [-0.25, -0.2) is 0 Å². The van der Waals surface area contributed by atoms with Crippen LogP contribution in [0, 0.1) is 10.1 Å². The predicted molar refractivity (Wildman–Crippen MR) is 52.3 cm³/mol. The average molecular weight is 231 g/mol. The molecule has 0 heterocycles. The summed E-state index contributed by atoms with van der Waals surface area (Å²) in [5.74, 6) is 0. The van der Waals surface area contributed by atoms with Crippen molar-refractivity contribution in [3.05, 3.63) is 51.6 Å². The first-order valence-corrected chi connectivity index (χ1v) is 4.36. The summed E-state index contributed by atoms with van der Waals surface area (Å²) in [6, 6.07) is 4.92. The van der Waals surface area contributed by atoms with Gasteiger partial charge in [-0.2, -0.15) is 13.2 Å². The van der Waals surface area contributed by atoms with E-state index in [1.807, 2.05) is 0 Å². The molecule has 16 heavy (non-hydrogen) atoms. The fourth-order valence-corrected chi connectivity index (χ4v) is 1.17. The molecule has 86 valence electrons. The van der Waals surface area contributed by atoms with Gasteiger partial charge in [-0.15, -0.1) is 0 Å². The molecule has 0 N–H and O–H groups in total. The number of hydrogen-bond acceptors (Lipinski definition) is 2. The van der Waals surface area contributed by atoms with E-state index in [0.29, 0.717) is 0 Å². The number of nitro groups is 1. The van der Waals surface area contributed by atoms with Crippen LogP contribution in [0.1, 0.15) is 11.1 Å². The lowest BCUT2D eigenvalue weighted by Crippen LogP contribution is -2.07. The molecule has 0 amide bonds. The van der Waals surface area contributed by atoms with Gasteiger partial charge in [0.05, 0.1) is 5.56 Å². The molecule has 0 saturated carbocycles. The van der Waals surface area contributed by atoms with E-state index in [0.717, 1.165) is 18.2 Å².